The highest BCUT2D eigenvalue weighted by Crippen LogP contribution is 2.26. The van der Waals surface area contributed by atoms with Crippen LogP contribution in [0.4, 0.5) is 10.1 Å². The van der Waals surface area contributed by atoms with Crippen molar-refractivity contribution in [3.63, 3.8) is 0 Å². The Morgan fingerprint density at radius 1 is 1.32 bits per heavy atom. The van der Waals surface area contributed by atoms with E-state index < -0.39 is 22.0 Å². The van der Waals surface area contributed by atoms with Gasteiger partial charge in [0.05, 0.1) is 9.40 Å². The minimum Gasteiger partial charge on any atom is -0.272 e. The molecule has 98 valence electrons. The van der Waals surface area contributed by atoms with Crippen molar-refractivity contribution in [1.29, 1.82) is 0 Å². The maximum atomic E-state index is 13.9. The highest BCUT2D eigenvalue weighted by molar-refractivity contribution is 9.10. The Morgan fingerprint density at radius 3 is 2.63 bits per heavy atom. The van der Waals surface area contributed by atoms with Crippen molar-refractivity contribution in [3.8, 4) is 5.69 Å². The Kier molecular flexibility index (Phi) is 3.48. The van der Waals surface area contributed by atoms with Gasteiger partial charge in [0.1, 0.15) is 0 Å². The summed E-state index contributed by atoms with van der Waals surface area (Å²) in [6.45, 7) is 1.57. The molecule has 0 bridgehead atoms. The molecule has 2 rings (SSSR count). The van der Waals surface area contributed by atoms with Gasteiger partial charge in [0.2, 0.25) is 0 Å². The zero-order chi connectivity index (χ0) is 14.2. The summed E-state index contributed by atoms with van der Waals surface area (Å²) in [5.74, 6) is -0.822. The Bertz CT molecular complexity index is 727. The van der Waals surface area contributed by atoms with E-state index in [1.165, 1.54) is 12.1 Å². The lowest BCUT2D eigenvalue weighted by molar-refractivity contribution is -0.384. The van der Waals surface area contributed by atoms with Crippen LogP contribution in [0.2, 0.25) is 0 Å². The molecule has 1 heterocycles. The molecule has 0 aliphatic heterocycles. The van der Waals surface area contributed by atoms with Crippen molar-refractivity contribution < 1.29 is 9.31 Å². The molecule has 2 aromatic rings. The van der Waals surface area contributed by atoms with E-state index in [1.54, 1.807) is 13.0 Å². The second-order valence-electron chi connectivity index (χ2n) is 3.83. The van der Waals surface area contributed by atoms with Crippen LogP contribution in [0.3, 0.4) is 0 Å². The van der Waals surface area contributed by atoms with Gasteiger partial charge < -0.3 is 0 Å². The first-order valence-electron chi connectivity index (χ1n) is 5.25. The molecule has 1 aromatic carbocycles. The third-order valence-corrected chi connectivity index (χ3v) is 3.22. The number of aryl methyl sites for hydroxylation is 1. The van der Waals surface area contributed by atoms with Gasteiger partial charge in [-0.2, -0.15) is 0 Å². The number of halogens is 2. The quantitative estimate of drug-likeness (QED) is 0.629. The molecule has 0 spiro atoms. The van der Waals surface area contributed by atoms with E-state index in [2.05, 4.69) is 15.9 Å². The zero-order valence-corrected chi connectivity index (χ0v) is 11.3. The number of pyridine rings is 1. The lowest BCUT2D eigenvalue weighted by Gasteiger charge is -2.11. The van der Waals surface area contributed by atoms with Crippen LogP contribution in [0.25, 0.3) is 5.69 Å². The predicted molar refractivity (Wildman–Crippen MR) is 71.1 cm³/mol. The monoisotopic (exact) mass is 326 g/mol. The number of hydrogen-bond donors (Lipinski definition) is 0. The van der Waals surface area contributed by atoms with Crippen LogP contribution in [-0.2, 0) is 0 Å². The second kappa shape index (κ2) is 4.93. The minimum absolute atomic E-state index is 0.204. The summed E-state index contributed by atoms with van der Waals surface area (Å²) in [5, 5.41) is 11.0. The number of aromatic nitrogens is 1. The van der Waals surface area contributed by atoms with Crippen molar-refractivity contribution >= 4 is 21.6 Å². The Balaban J connectivity index is 2.91. The number of hydrogen-bond acceptors (Lipinski definition) is 3. The fourth-order valence-corrected chi connectivity index (χ4v) is 2.07. The molecule has 0 fully saturated rings. The van der Waals surface area contributed by atoms with E-state index in [-0.39, 0.29) is 10.2 Å². The van der Waals surface area contributed by atoms with Crippen LogP contribution in [0.15, 0.2) is 39.6 Å². The van der Waals surface area contributed by atoms with Crippen molar-refractivity contribution in [1.82, 2.24) is 4.57 Å². The molecule has 0 N–H and O–H groups in total. The molecule has 0 atom stereocenters. The molecule has 0 saturated heterocycles. The predicted octanol–water partition coefficient (Wildman–Crippen LogP) is 2.96. The van der Waals surface area contributed by atoms with E-state index >= 15 is 0 Å². The molecule has 5 nitrogen and oxygen atoms in total. The van der Waals surface area contributed by atoms with Crippen LogP contribution >= 0.6 is 15.9 Å². The molecular formula is C12H8BrFN2O3. The summed E-state index contributed by atoms with van der Waals surface area (Å²) < 4.78 is 15.1. The summed E-state index contributed by atoms with van der Waals surface area (Å²) in [5.41, 5.74) is -0.950. The second-order valence-corrected chi connectivity index (χ2v) is 4.68. The molecule has 0 aliphatic carbocycles. The normalized spacial score (nSPS) is 10.5. The van der Waals surface area contributed by atoms with Crippen LogP contribution in [0.5, 0.6) is 0 Å². The van der Waals surface area contributed by atoms with Crippen LogP contribution in [0.1, 0.15) is 5.69 Å². The molecule has 0 amide bonds. The van der Waals surface area contributed by atoms with Crippen molar-refractivity contribution in [2.75, 3.05) is 0 Å². The minimum atomic E-state index is -0.822. The van der Waals surface area contributed by atoms with Crippen LogP contribution in [0, 0.1) is 22.9 Å². The van der Waals surface area contributed by atoms with Gasteiger partial charge in [0, 0.05) is 11.8 Å². The summed E-state index contributed by atoms with van der Waals surface area (Å²) in [6.07, 6.45) is 0. The lowest BCUT2D eigenvalue weighted by atomic mass is 10.2. The lowest BCUT2D eigenvalue weighted by Crippen LogP contribution is -2.22. The topological polar surface area (TPSA) is 65.1 Å². The molecular weight excluding hydrogens is 319 g/mol. The standard InChI is InChI=1S/C12H8BrFN2O3/c1-7-5-6-8(13)12(17)15(7)11-9(14)3-2-4-10(11)16(18)19/h2-6H,1H3. The zero-order valence-electron chi connectivity index (χ0n) is 9.76. The molecule has 7 heteroatoms. The van der Waals surface area contributed by atoms with Gasteiger partial charge in [-0.25, -0.2) is 4.39 Å². The van der Waals surface area contributed by atoms with Gasteiger partial charge in [-0.1, -0.05) is 6.07 Å². The molecule has 0 saturated carbocycles. The highest BCUT2D eigenvalue weighted by atomic mass is 79.9. The smallest absolute Gasteiger partial charge is 0.272 e. The van der Waals surface area contributed by atoms with Crippen LogP contribution in [-0.4, -0.2) is 9.49 Å². The number of nitrogens with zero attached hydrogens (tertiary/aromatic N) is 2. The van der Waals surface area contributed by atoms with Crippen molar-refractivity contribution in [3.05, 3.63) is 66.8 Å². The summed E-state index contributed by atoms with van der Waals surface area (Å²) in [6, 6.07) is 6.55. The first-order chi connectivity index (χ1) is 8.93. The van der Waals surface area contributed by atoms with E-state index in [0.717, 1.165) is 16.7 Å². The third-order valence-electron chi connectivity index (χ3n) is 2.62. The molecule has 1 aromatic heterocycles. The number of benzene rings is 1. The van der Waals surface area contributed by atoms with Gasteiger partial charge in [-0.15, -0.1) is 0 Å². The van der Waals surface area contributed by atoms with E-state index in [4.69, 9.17) is 0 Å². The third kappa shape index (κ3) is 2.28. The first-order valence-corrected chi connectivity index (χ1v) is 6.04. The Labute approximate surface area is 115 Å². The van der Waals surface area contributed by atoms with E-state index in [0.29, 0.717) is 5.69 Å². The average molecular weight is 327 g/mol. The molecule has 0 unspecified atom stereocenters. The highest BCUT2D eigenvalue weighted by Gasteiger charge is 2.22. The van der Waals surface area contributed by atoms with Crippen molar-refractivity contribution in [2.24, 2.45) is 0 Å². The number of nitro benzene ring substituents is 1. The Morgan fingerprint density at radius 2 is 2.00 bits per heavy atom. The molecule has 0 aliphatic rings. The van der Waals surface area contributed by atoms with E-state index in [1.807, 2.05) is 0 Å². The summed E-state index contributed by atoms with van der Waals surface area (Å²) in [7, 11) is 0. The fourth-order valence-electron chi connectivity index (χ4n) is 1.76. The average Bonchev–Trinajstić information content (AvgIpc) is 2.36. The SMILES string of the molecule is Cc1ccc(Br)c(=O)n1-c1c(F)cccc1[N+](=O)[O-]. The molecule has 0 radical (unpaired) electrons. The molecule has 19 heavy (non-hydrogen) atoms. The summed E-state index contributed by atoms with van der Waals surface area (Å²) in [4.78, 5) is 22.3. The Hall–Kier alpha value is -2.02. The number of nitro groups is 1. The van der Waals surface area contributed by atoms with Gasteiger partial charge in [0.15, 0.2) is 11.5 Å². The largest absolute Gasteiger partial charge is 0.296 e. The van der Waals surface area contributed by atoms with Crippen LogP contribution < -0.4 is 5.56 Å². The van der Waals surface area contributed by atoms with Gasteiger partial charge in [-0.05, 0) is 41.1 Å². The van der Waals surface area contributed by atoms with Crippen molar-refractivity contribution in [2.45, 2.75) is 6.92 Å². The number of para-hydroxylation sites is 1. The van der Waals surface area contributed by atoms with Gasteiger partial charge in [-0.3, -0.25) is 19.5 Å². The first kappa shape index (κ1) is 13.4. The summed E-state index contributed by atoms with van der Waals surface area (Å²) >= 11 is 3.04. The maximum absolute atomic E-state index is 13.9. The maximum Gasteiger partial charge on any atom is 0.296 e. The fraction of sp³-hybridized carbons (Fsp3) is 0.0833. The van der Waals surface area contributed by atoms with Gasteiger partial charge in [0.25, 0.3) is 11.2 Å². The van der Waals surface area contributed by atoms with Gasteiger partial charge >= 0.3 is 0 Å². The number of rotatable bonds is 2. The van der Waals surface area contributed by atoms with E-state index in [9.17, 15) is 19.3 Å².